The van der Waals surface area contributed by atoms with Gasteiger partial charge in [0.15, 0.2) is 0 Å². The van der Waals surface area contributed by atoms with Gasteiger partial charge in [0.05, 0.1) is 6.54 Å². The van der Waals surface area contributed by atoms with Crippen molar-refractivity contribution in [2.24, 2.45) is 0 Å². The average molecular weight is 307 g/mol. The molecule has 114 valence electrons. The summed E-state index contributed by atoms with van der Waals surface area (Å²) in [6, 6.07) is 10.7. The summed E-state index contributed by atoms with van der Waals surface area (Å²) in [5.74, 6) is 3.81. The summed E-state index contributed by atoms with van der Waals surface area (Å²) in [5.41, 5.74) is 0.898. The lowest BCUT2D eigenvalue weighted by Crippen LogP contribution is -2.25. The van der Waals surface area contributed by atoms with Gasteiger partial charge in [-0.15, -0.1) is 0 Å². The molecule has 0 aliphatic rings. The summed E-state index contributed by atoms with van der Waals surface area (Å²) < 4.78 is 18.7. The van der Waals surface area contributed by atoms with Crippen LogP contribution in [0.4, 0.5) is 4.39 Å². The van der Waals surface area contributed by atoms with Gasteiger partial charge in [0.2, 0.25) is 0 Å². The van der Waals surface area contributed by atoms with Crippen LogP contribution in [0.5, 0.6) is 0 Å². The molecule has 0 radical (unpaired) electrons. The fourth-order valence-electron chi connectivity index (χ4n) is 2.02. The lowest BCUT2D eigenvalue weighted by molar-refractivity contribution is 0.458. The van der Waals surface area contributed by atoms with Crippen molar-refractivity contribution in [3.63, 3.8) is 0 Å². The number of thioether (sulfide) groups is 1. The molecule has 1 heterocycles. The molecule has 1 aromatic carbocycles. The zero-order valence-corrected chi connectivity index (χ0v) is 13.4. The third kappa shape index (κ3) is 5.21. The first-order valence-corrected chi connectivity index (χ1v) is 8.50. The minimum Gasteiger partial charge on any atom is -0.460 e. The highest BCUT2D eigenvalue weighted by molar-refractivity contribution is 7.99. The molecule has 0 saturated carbocycles. The molecule has 0 amide bonds. The van der Waals surface area contributed by atoms with E-state index >= 15 is 0 Å². The van der Waals surface area contributed by atoms with E-state index in [1.807, 2.05) is 23.9 Å². The molecular formula is C17H22FNOS. The second-order valence-corrected chi connectivity index (χ2v) is 6.43. The lowest BCUT2D eigenvalue weighted by atomic mass is 10.2. The first-order chi connectivity index (χ1) is 10.2. The molecular weight excluding hydrogens is 285 g/mol. The van der Waals surface area contributed by atoms with Gasteiger partial charge >= 0.3 is 0 Å². The Bertz CT molecular complexity index is 538. The Balaban J connectivity index is 1.84. The summed E-state index contributed by atoms with van der Waals surface area (Å²) in [6.07, 6.45) is 1.16. The van der Waals surface area contributed by atoms with E-state index in [-0.39, 0.29) is 5.82 Å². The number of benzene rings is 1. The van der Waals surface area contributed by atoms with Crippen LogP contribution in [-0.2, 0) is 6.54 Å². The SMILES string of the molecule is CCSCCC(C)NCc1ccc(-c2ccc(F)cc2)o1. The van der Waals surface area contributed by atoms with Gasteiger partial charge in [-0.1, -0.05) is 6.92 Å². The molecule has 0 aliphatic carbocycles. The van der Waals surface area contributed by atoms with Crippen molar-refractivity contribution >= 4 is 11.8 Å². The summed E-state index contributed by atoms with van der Waals surface area (Å²) in [7, 11) is 0. The molecule has 4 heteroatoms. The number of furan rings is 1. The molecule has 0 aliphatic heterocycles. The van der Waals surface area contributed by atoms with Crippen LogP contribution in [-0.4, -0.2) is 17.5 Å². The van der Waals surface area contributed by atoms with Crippen molar-refractivity contribution in [1.82, 2.24) is 5.32 Å². The molecule has 0 fully saturated rings. The maximum Gasteiger partial charge on any atom is 0.134 e. The van der Waals surface area contributed by atoms with Crippen LogP contribution < -0.4 is 5.32 Å². The molecule has 2 aromatic rings. The Labute approximate surface area is 130 Å². The summed E-state index contributed by atoms with van der Waals surface area (Å²) >= 11 is 1.97. The van der Waals surface area contributed by atoms with Crippen molar-refractivity contribution in [1.29, 1.82) is 0 Å². The molecule has 0 spiro atoms. The van der Waals surface area contributed by atoms with Crippen LogP contribution in [0, 0.1) is 5.82 Å². The average Bonchev–Trinajstić information content (AvgIpc) is 2.95. The van der Waals surface area contributed by atoms with Crippen LogP contribution in [0.2, 0.25) is 0 Å². The van der Waals surface area contributed by atoms with Crippen molar-refractivity contribution in [2.75, 3.05) is 11.5 Å². The maximum absolute atomic E-state index is 12.9. The molecule has 0 bridgehead atoms. The third-order valence-corrected chi connectivity index (χ3v) is 4.25. The van der Waals surface area contributed by atoms with Crippen LogP contribution in [0.1, 0.15) is 26.0 Å². The number of halogens is 1. The van der Waals surface area contributed by atoms with Crippen molar-refractivity contribution < 1.29 is 8.81 Å². The van der Waals surface area contributed by atoms with E-state index < -0.39 is 0 Å². The van der Waals surface area contributed by atoms with Gasteiger partial charge in [-0.25, -0.2) is 4.39 Å². The quantitative estimate of drug-likeness (QED) is 0.715. The van der Waals surface area contributed by atoms with Gasteiger partial charge < -0.3 is 9.73 Å². The highest BCUT2D eigenvalue weighted by Gasteiger charge is 2.07. The summed E-state index contributed by atoms with van der Waals surface area (Å²) in [6.45, 7) is 5.10. The van der Waals surface area contributed by atoms with Crippen LogP contribution in [0.25, 0.3) is 11.3 Å². The zero-order valence-electron chi connectivity index (χ0n) is 12.6. The Kier molecular flexibility index (Phi) is 6.33. The van der Waals surface area contributed by atoms with E-state index in [9.17, 15) is 4.39 Å². The molecule has 0 saturated heterocycles. The molecule has 1 N–H and O–H groups in total. The molecule has 21 heavy (non-hydrogen) atoms. The van der Waals surface area contributed by atoms with Crippen LogP contribution in [0.15, 0.2) is 40.8 Å². The Morgan fingerprint density at radius 1 is 1.19 bits per heavy atom. The van der Waals surface area contributed by atoms with E-state index in [0.717, 1.165) is 30.0 Å². The largest absolute Gasteiger partial charge is 0.460 e. The van der Waals surface area contributed by atoms with E-state index in [0.29, 0.717) is 6.04 Å². The fourth-order valence-corrected chi connectivity index (χ4v) is 2.83. The molecule has 1 atom stereocenters. The summed E-state index contributed by atoms with van der Waals surface area (Å²) in [5, 5.41) is 3.46. The van der Waals surface area contributed by atoms with Gasteiger partial charge in [-0.05, 0) is 61.2 Å². The fraction of sp³-hybridized carbons (Fsp3) is 0.412. The third-order valence-electron chi connectivity index (χ3n) is 3.31. The number of hydrogen-bond acceptors (Lipinski definition) is 3. The predicted octanol–water partition coefficient (Wildman–Crippen LogP) is 4.71. The molecule has 2 rings (SSSR count). The first kappa shape index (κ1) is 16.1. The van der Waals surface area contributed by atoms with Gasteiger partial charge in [0.1, 0.15) is 17.3 Å². The van der Waals surface area contributed by atoms with Crippen molar-refractivity contribution in [3.8, 4) is 11.3 Å². The van der Waals surface area contributed by atoms with E-state index in [4.69, 9.17) is 4.42 Å². The minimum absolute atomic E-state index is 0.231. The maximum atomic E-state index is 12.9. The number of nitrogens with one attached hydrogen (secondary N) is 1. The highest BCUT2D eigenvalue weighted by atomic mass is 32.2. The van der Waals surface area contributed by atoms with Crippen LogP contribution >= 0.6 is 11.8 Å². The van der Waals surface area contributed by atoms with Gasteiger partial charge in [0.25, 0.3) is 0 Å². The van der Waals surface area contributed by atoms with E-state index in [2.05, 4.69) is 19.2 Å². The topological polar surface area (TPSA) is 25.2 Å². The van der Waals surface area contributed by atoms with E-state index in [1.54, 1.807) is 12.1 Å². The number of hydrogen-bond donors (Lipinski definition) is 1. The van der Waals surface area contributed by atoms with Crippen molar-refractivity contribution in [2.45, 2.75) is 32.9 Å². The molecule has 1 unspecified atom stereocenters. The standard InChI is InChI=1S/C17H22FNOS/c1-3-21-11-10-13(2)19-12-16-8-9-17(20-16)14-4-6-15(18)7-5-14/h4-9,13,19H,3,10-12H2,1-2H3. The Morgan fingerprint density at radius 3 is 2.67 bits per heavy atom. The normalized spacial score (nSPS) is 12.5. The minimum atomic E-state index is -0.231. The smallest absolute Gasteiger partial charge is 0.134 e. The van der Waals surface area contributed by atoms with E-state index in [1.165, 1.54) is 23.6 Å². The zero-order chi connectivity index (χ0) is 15.1. The summed E-state index contributed by atoms with van der Waals surface area (Å²) in [4.78, 5) is 0. The van der Waals surface area contributed by atoms with Gasteiger partial charge in [0, 0.05) is 11.6 Å². The molecule has 1 aromatic heterocycles. The second kappa shape index (κ2) is 8.25. The number of rotatable bonds is 8. The first-order valence-electron chi connectivity index (χ1n) is 7.35. The van der Waals surface area contributed by atoms with Crippen molar-refractivity contribution in [3.05, 3.63) is 48.0 Å². The molecule has 2 nitrogen and oxygen atoms in total. The second-order valence-electron chi connectivity index (χ2n) is 5.04. The predicted molar refractivity (Wildman–Crippen MR) is 88.0 cm³/mol. The van der Waals surface area contributed by atoms with Gasteiger partial charge in [-0.2, -0.15) is 11.8 Å². The van der Waals surface area contributed by atoms with Crippen LogP contribution in [0.3, 0.4) is 0 Å². The lowest BCUT2D eigenvalue weighted by Gasteiger charge is -2.12. The highest BCUT2D eigenvalue weighted by Crippen LogP contribution is 2.22. The Morgan fingerprint density at radius 2 is 1.95 bits per heavy atom. The monoisotopic (exact) mass is 307 g/mol. The van der Waals surface area contributed by atoms with Gasteiger partial charge in [-0.3, -0.25) is 0 Å². The Hall–Kier alpha value is -1.26.